The molecule has 0 saturated carbocycles. The molecule has 6 heteroatoms. The molecule has 2 N–H and O–H groups in total. The zero-order valence-corrected chi connectivity index (χ0v) is 23.6. The number of benzene rings is 2. The number of nitrogens with zero attached hydrogens (tertiary/aromatic N) is 3. The van der Waals surface area contributed by atoms with Crippen LogP contribution in [0.2, 0.25) is 5.02 Å². The van der Waals surface area contributed by atoms with Crippen molar-refractivity contribution in [2.24, 2.45) is 0 Å². The summed E-state index contributed by atoms with van der Waals surface area (Å²) in [6.07, 6.45) is 9.27. The number of aryl methyl sites for hydroxylation is 2. The molecule has 3 heterocycles. The Kier molecular flexibility index (Phi) is 6.37. The van der Waals surface area contributed by atoms with Gasteiger partial charge in [-0.15, -0.1) is 0 Å². The van der Waals surface area contributed by atoms with Crippen molar-refractivity contribution in [1.29, 1.82) is 0 Å². The fourth-order valence-corrected chi connectivity index (χ4v) is 7.09. The first-order valence-electron chi connectivity index (χ1n) is 13.9. The minimum Gasteiger partial charge on any atom is -0.386 e. The largest absolute Gasteiger partial charge is 0.386 e. The second-order valence-corrected chi connectivity index (χ2v) is 12.5. The Balaban J connectivity index is 1.31. The normalized spacial score (nSPS) is 22.5. The van der Waals surface area contributed by atoms with E-state index in [0.717, 1.165) is 40.7 Å². The molecule has 2 aromatic carbocycles. The smallest absolute Gasteiger partial charge is 0.155 e. The highest BCUT2D eigenvalue weighted by molar-refractivity contribution is 6.31. The van der Waals surface area contributed by atoms with Gasteiger partial charge in [0.25, 0.3) is 0 Å². The number of pyridine rings is 1. The molecule has 0 bridgehead atoms. The summed E-state index contributed by atoms with van der Waals surface area (Å²) in [5.74, 6) is 0. The molecule has 2 aromatic heterocycles. The van der Waals surface area contributed by atoms with Crippen molar-refractivity contribution in [2.45, 2.75) is 83.4 Å². The number of aliphatic hydroxyl groups is 1. The predicted molar refractivity (Wildman–Crippen MR) is 155 cm³/mol. The molecule has 2 aliphatic rings. The van der Waals surface area contributed by atoms with Gasteiger partial charge in [0.1, 0.15) is 5.69 Å². The lowest BCUT2D eigenvalue weighted by Crippen LogP contribution is -2.48. The highest BCUT2D eigenvalue weighted by Gasteiger charge is 2.38. The molecule has 198 valence electrons. The van der Waals surface area contributed by atoms with Crippen LogP contribution < -0.4 is 0 Å². The van der Waals surface area contributed by atoms with E-state index in [-0.39, 0.29) is 5.54 Å². The molecule has 0 amide bonds. The van der Waals surface area contributed by atoms with E-state index >= 15 is 0 Å². The van der Waals surface area contributed by atoms with Gasteiger partial charge in [0, 0.05) is 44.9 Å². The van der Waals surface area contributed by atoms with Gasteiger partial charge >= 0.3 is 0 Å². The number of H-pyrrole nitrogens is 1. The molecule has 6 rings (SSSR count). The minimum absolute atomic E-state index is 0.281. The van der Waals surface area contributed by atoms with Gasteiger partial charge in [-0.25, -0.2) is 4.98 Å². The van der Waals surface area contributed by atoms with Crippen LogP contribution in [0.5, 0.6) is 0 Å². The molecule has 1 fully saturated rings. The highest BCUT2D eigenvalue weighted by Crippen LogP contribution is 2.39. The van der Waals surface area contributed by atoms with Gasteiger partial charge in [-0.2, -0.15) is 5.10 Å². The number of rotatable bonds is 4. The number of aromatic amines is 1. The van der Waals surface area contributed by atoms with Crippen molar-refractivity contribution in [3.63, 3.8) is 0 Å². The number of halogens is 1. The second-order valence-electron chi connectivity index (χ2n) is 12.1. The van der Waals surface area contributed by atoms with Gasteiger partial charge < -0.3 is 5.11 Å². The second kappa shape index (κ2) is 9.48. The van der Waals surface area contributed by atoms with Gasteiger partial charge in [0.15, 0.2) is 5.65 Å². The molecule has 1 aliphatic heterocycles. The van der Waals surface area contributed by atoms with Crippen molar-refractivity contribution in [2.75, 3.05) is 6.54 Å². The summed E-state index contributed by atoms with van der Waals surface area (Å²) in [7, 11) is 0. The highest BCUT2D eigenvalue weighted by atomic mass is 35.5. The molecule has 38 heavy (non-hydrogen) atoms. The number of hydrogen-bond donors (Lipinski definition) is 2. The zero-order valence-electron chi connectivity index (χ0n) is 22.8. The maximum atomic E-state index is 10.4. The Morgan fingerprint density at radius 3 is 2.50 bits per heavy atom. The first kappa shape index (κ1) is 25.5. The van der Waals surface area contributed by atoms with E-state index in [0.29, 0.717) is 16.6 Å². The van der Waals surface area contributed by atoms with Crippen LogP contribution in [0.4, 0.5) is 0 Å². The zero-order chi connectivity index (χ0) is 26.7. The number of fused-ring (bicyclic) bond motifs is 2. The number of likely N-dealkylation sites (tertiary alicyclic amines) is 1. The van der Waals surface area contributed by atoms with Crippen LogP contribution >= 0.6 is 11.6 Å². The van der Waals surface area contributed by atoms with E-state index in [1.165, 1.54) is 48.9 Å². The third-order valence-corrected chi connectivity index (χ3v) is 9.28. The van der Waals surface area contributed by atoms with Crippen LogP contribution in [0.15, 0.2) is 48.7 Å². The molecule has 0 spiro atoms. The van der Waals surface area contributed by atoms with Gasteiger partial charge in [0.05, 0.1) is 5.60 Å². The van der Waals surface area contributed by atoms with Crippen molar-refractivity contribution in [1.82, 2.24) is 20.1 Å². The molecule has 0 radical (unpaired) electrons. The van der Waals surface area contributed by atoms with Crippen LogP contribution in [0.1, 0.15) is 70.1 Å². The molecule has 4 aromatic rings. The first-order valence-corrected chi connectivity index (χ1v) is 14.3. The van der Waals surface area contributed by atoms with Crippen LogP contribution in [-0.2, 0) is 18.4 Å². The van der Waals surface area contributed by atoms with Crippen LogP contribution in [0.25, 0.3) is 33.4 Å². The average Bonchev–Trinajstić information content (AvgIpc) is 3.47. The molecule has 1 aliphatic carbocycles. The quantitative estimate of drug-likeness (QED) is 0.273. The van der Waals surface area contributed by atoms with Gasteiger partial charge in [0.2, 0.25) is 0 Å². The first-order chi connectivity index (χ1) is 18.1. The third kappa shape index (κ3) is 4.55. The predicted octanol–water partition coefficient (Wildman–Crippen LogP) is 7.29. The summed E-state index contributed by atoms with van der Waals surface area (Å²) in [5.41, 5.74) is 7.66. The summed E-state index contributed by atoms with van der Waals surface area (Å²) in [4.78, 5) is 7.48. The fourth-order valence-electron chi connectivity index (χ4n) is 6.68. The summed E-state index contributed by atoms with van der Waals surface area (Å²) in [6.45, 7) is 9.60. The van der Waals surface area contributed by atoms with Crippen molar-refractivity contribution >= 4 is 22.6 Å². The van der Waals surface area contributed by atoms with E-state index in [1.54, 1.807) is 13.8 Å². The summed E-state index contributed by atoms with van der Waals surface area (Å²) >= 11 is 6.54. The number of hydrogen-bond acceptors (Lipinski definition) is 4. The van der Waals surface area contributed by atoms with Crippen LogP contribution in [-0.4, -0.2) is 43.3 Å². The van der Waals surface area contributed by atoms with Gasteiger partial charge in [-0.05, 0) is 102 Å². The lowest BCUT2D eigenvalue weighted by Gasteiger charge is -2.41. The maximum absolute atomic E-state index is 10.4. The molecule has 1 unspecified atom stereocenters. The van der Waals surface area contributed by atoms with E-state index in [1.807, 2.05) is 24.4 Å². The van der Waals surface area contributed by atoms with Gasteiger partial charge in [-0.3, -0.25) is 10.00 Å². The molecular weight excluding hydrogens is 492 g/mol. The van der Waals surface area contributed by atoms with Crippen LogP contribution in [0.3, 0.4) is 0 Å². The average molecular weight is 529 g/mol. The van der Waals surface area contributed by atoms with Crippen molar-refractivity contribution in [3.8, 4) is 22.4 Å². The summed E-state index contributed by atoms with van der Waals surface area (Å²) in [5, 5.41) is 19.5. The van der Waals surface area contributed by atoms with E-state index < -0.39 is 5.60 Å². The SMILES string of the molecule is C[C@@H]1CCCN1C1(C)CCc2ccc(-c3cnc4[nH]nc(-c5ccc(C(C)(C)O)c(Cl)c5)c4c3)cc2CC1. The minimum atomic E-state index is -1.01. The van der Waals surface area contributed by atoms with Gasteiger partial charge in [-0.1, -0.05) is 41.9 Å². The third-order valence-electron chi connectivity index (χ3n) is 8.97. The lowest BCUT2D eigenvalue weighted by molar-refractivity contribution is 0.0787. The Morgan fingerprint density at radius 2 is 1.79 bits per heavy atom. The standard InChI is InChI=1S/C32H37ClN4O/c1-20-6-5-15-37(20)32(4)13-11-21-7-8-22(16-23(21)12-14-32)25-17-26-29(35-36-30(26)34-19-25)24-9-10-27(28(33)18-24)31(2,3)38/h7-10,16-20,38H,5-6,11-15H2,1-4H3,(H,34,35,36)/t20-,32?/m1/s1. The Labute approximate surface area is 230 Å². The fraction of sp³-hybridized carbons (Fsp3) is 0.438. The molecule has 5 nitrogen and oxygen atoms in total. The Hall–Kier alpha value is -2.73. The molecule has 2 atom stereocenters. The lowest BCUT2D eigenvalue weighted by atomic mass is 9.89. The van der Waals surface area contributed by atoms with E-state index in [9.17, 15) is 5.11 Å². The summed E-state index contributed by atoms with van der Waals surface area (Å²) < 4.78 is 0. The molecular formula is C32H37ClN4O. The van der Waals surface area contributed by atoms with E-state index in [4.69, 9.17) is 16.6 Å². The topological polar surface area (TPSA) is 65.0 Å². The Morgan fingerprint density at radius 1 is 1.03 bits per heavy atom. The van der Waals surface area contributed by atoms with Crippen molar-refractivity contribution in [3.05, 3.63) is 70.4 Å². The monoisotopic (exact) mass is 528 g/mol. The molecule has 1 saturated heterocycles. The Bertz CT molecular complexity index is 1500. The van der Waals surface area contributed by atoms with Crippen LogP contribution in [0, 0.1) is 0 Å². The van der Waals surface area contributed by atoms with E-state index in [2.05, 4.69) is 53.2 Å². The number of nitrogens with one attached hydrogen (secondary N) is 1. The van der Waals surface area contributed by atoms with Crippen molar-refractivity contribution < 1.29 is 5.11 Å². The maximum Gasteiger partial charge on any atom is 0.155 e. The summed E-state index contributed by atoms with van der Waals surface area (Å²) in [6, 6.07) is 15.5. The number of aromatic nitrogens is 3.